The molecule has 0 aliphatic heterocycles. The lowest BCUT2D eigenvalue weighted by atomic mass is 10.2. The van der Waals surface area contributed by atoms with Gasteiger partial charge in [-0.2, -0.15) is 5.10 Å². The van der Waals surface area contributed by atoms with Crippen molar-refractivity contribution in [3.05, 3.63) is 71.5 Å². The molecule has 0 radical (unpaired) electrons. The number of aromatic nitrogens is 2. The zero-order chi connectivity index (χ0) is 18.0. The van der Waals surface area contributed by atoms with Gasteiger partial charge in [0.2, 0.25) is 0 Å². The van der Waals surface area contributed by atoms with E-state index in [-0.39, 0.29) is 15.5 Å². The van der Waals surface area contributed by atoms with E-state index in [4.69, 9.17) is 16.7 Å². The van der Waals surface area contributed by atoms with Gasteiger partial charge in [-0.1, -0.05) is 17.7 Å². The van der Waals surface area contributed by atoms with Crippen LogP contribution in [0.3, 0.4) is 0 Å². The molecular weight excluding hydrogens is 366 g/mol. The number of benzene rings is 2. The van der Waals surface area contributed by atoms with Crippen LogP contribution < -0.4 is 4.72 Å². The molecule has 0 atom stereocenters. The summed E-state index contributed by atoms with van der Waals surface area (Å²) in [4.78, 5) is 10.8. The first-order valence-corrected chi connectivity index (χ1v) is 8.89. The van der Waals surface area contributed by atoms with Crippen LogP contribution in [0.1, 0.15) is 10.4 Å². The molecule has 7 nitrogen and oxygen atoms in total. The topological polar surface area (TPSA) is 101 Å². The summed E-state index contributed by atoms with van der Waals surface area (Å²) in [6.45, 7) is 0. The van der Waals surface area contributed by atoms with Gasteiger partial charge in [0.25, 0.3) is 10.0 Å². The number of nitrogens with zero attached hydrogens (tertiary/aromatic N) is 2. The fourth-order valence-electron chi connectivity index (χ4n) is 2.18. The lowest BCUT2D eigenvalue weighted by Crippen LogP contribution is -2.13. The Kier molecular flexibility index (Phi) is 4.47. The predicted molar refractivity (Wildman–Crippen MR) is 92.8 cm³/mol. The molecule has 1 aromatic heterocycles. The van der Waals surface area contributed by atoms with Crippen molar-refractivity contribution in [1.29, 1.82) is 0 Å². The number of nitrogens with one attached hydrogen (secondary N) is 1. The Morgan fingerprint density at radius 1 is 1.16 bits per heavy atom. The van der Waals surface area contributed by atoms with Crippen molar-refractivity contribution in [2.75, 3.05) is 4.72 Å². The largest absolute Gasteiger partial charge is 0.478 e. The predicted octanol–water partition coefficient (Wildman–Crippen LogP) is 3.02. The van der Waals surface area contributed by atoms with E-state index in [9.17, 15) is 13.2 Å². The van der Waals surface area contributed by atoms with E-state index in [0.717, 1.165) is 12.1 Å². The Hall–Kier alpha value is -2.84. The SMILES string of the molecule is O=C(O)c1ccc(S(=O)(=O)Nc2cccc(-n3cccn3)c2)cc1Cl. The number of halogens is 1. The minimum Gasteiger partial charge on any atom is -0.478 e. The first-order chi connectivity index (χ1) is 11.9. The van der Waals surface area contributed by atoms with E-state index < -0.39 is 16.0 Å². The van der Waals surface area contributed by atoms with Crippen LogP contribution in [0.5, 0.6) is 0 Å². The Morgan fingerprint density at radius 2 is 1.96 bits per heavy atom. The van der Waals surface area contributed by atoms with Crippen molar-refractivity contribution in [2.24, 2.45) is 0 Å². The van der Waals surface area contributed by atoms with Gasteiger partial charge in [-0.3, -0.25) is 4.72 Å². The lowest BCUT2D eigenvalue weighted by molar-refractivity contribution is 0.0697. The number of anilines is 1. The van der Waals surface area contributed by atoms with E-state index in [0.29, 0.717) is 11.4 Å². The average Bonchev–Trinajstić information content (AvgIpc) is 3.08. The van der Waals surface area contributed by atoms with Crippen LogP contribution in [-0.2, 0) is 10.0 Å². The second-order valence-corrected chi connectivity index (χ2v) is 7.14. The molecule has 0 saturated heterocycles. The van der Waals surface area contributed by atoms with Crippen LogP contribution in [0.15, 0.2) is 65.8 Å². The summed E-state index contributed by atoms with van der Waals surface area (Å²) in [5.74, 6) is -1.23. The molecule has 1 heterocycles. The standard InChI is InChI=1S/C16H12ClN3O4S/c17-15-10-13(5-6-14(15)16(21)22)25(23,24)19-11-3-1-4-12(9-11)20-8-2-7-18-20/h1-10,19H,(H,21,22). The Labute approximate surface area is 148 Å². The normalized spacial score (nSPS) is 11.2. The minimum absolute atomic E-state index is 0.132. The van der Waals surface area contributed by atoms with Gasteiger partial charge in [0.15, 0.2) is 0 Å². The van der Waals surface area contributed by atoms with Crippen LogP contribution in [0.4, 0.5) is 5.69 Å². The second-order valence-electron chi connectivity index (χ2n) is 5.05. The quantitative estimate of drug-likeness (QED) is 0.711. The highest BCUT2D eigenvalue weighted by molar-refractivity contribution is 7.92. The number of carboxylic acids is 1. The summed E-state index contributed by atoms with van der Waals surface area (Å²) < 4.78 is 29.0. The zero-order valence-electron chi connectivity index (χ0n) is 12.6. The maximum Gasteiger partial charge on any atom is 0.337 e. The molecule has 0 aliphatic rings. The number of hydrogen-bond acceptors (Lipinski definition) is 4. The molecule has 25 heavy (non-hydrogen) atoms. The Balaban J connectivity index is 1.91. The molecule has 3 rings (SSSR count). The number of aromatic carboxylic acids is 1. The fourth-order valence-corrected chi connectivity index (χ4v) is 3.59. The molecule has 2 N–H and O–H groups in total. The maximum atomic E-state index is 12.5. The number of carboxylic acid groups (broad SMARTS) is 1. The van der Waals surface area contributed by atoms with Gasteiger partial charge < -0.3 is 5.11 Å². The van der Waals surface area contributed by atoms with Crippen molar-refractivity contribution < 1.29 is 18.3 Å². The molecule has 0 fully saturated rings. The summed E-state index contributed by atoms with van der Waals surface area (Å²) in [6.07, 6.45) is 3.35. The molecule has 0 saturated carbocycles. The van der Waals surface area contributed by atoms with E-state index in [1.54, 1.807) is 47.4 Å². The van der Waals surface area contributed by atoms with Gasteiger partial charge >= 0.3 is 5.97 Å². The summed E-state index contributed by atoms with van der Waals surface area (Å²) in [6, 6.07) is 11.9. The highest BCUT2D eigenvalue weighted by Gasteiger charge is 2.18. The molecule has 0 unspecified atom stereocenters. The monoisotopic (exact) mass is 377 g/mol. The first kappa shape index (κ1) is 17.0. The third-order valence-corrected chi connectivity index (χ3v) is 5.04. The molecule has 9 heteroatoms. The van der Waals surface area contributed by atoms with Gasteiger partial charge in [0.1, 0.15) is 0 Å². The van der Waals surface area contributed by atoms with Crippen LogP contribution in [0.2, 0.25) is 5.02 Å². The van der Waals surface area contributed by atoms with Gasteiger partial charge in [-0.25, -0.2) is 17.9 Å². The van der Waals surface area contributed by atoms with Crippen molar-refractivity contribution in [1.82, 2.24) is 9.78 Å². The van der Waals surface area contributed by atoms with E-state index >= 15 is 0 Å². The third-order valence-electron chi connectivity index (χ3n) is 3.35. The van der Waals surface area contributed by atoms with Crippen LogP contribution in [0.25, 0.3) is 5.69 Å². The molecular formula is C16H12ClN3O4S. The first-order valence-electron chi connectivity index (χ1n) is 7.02. The Bertz CT molecular complexity index is 1030. The van der Waals surface area contributed by atoms with Crippen LogP contribution in [0, 0.1) is 0 Å². The van der Waals surface area contributed by atoms with Crippen LogP contribution in [-0.4, -0.2) is 29.3 Å². The molecule has 2 aromatic carbocycles. The van der Waals surface area contributed by atoms with Gasteiger partial charge in [-0.15, -0.1) is 0 Å². The zero-order valence-corrected chi connectivity index (χ0v) is 14.2. The van der Waals surface area contributed by atoms with Crippen molar-refractivity contribution >= 4 is 33.3 Å². The second kappa shape index (κ2) is 6.58. The van der Waals surface area contributed by atoms with E-state index in [1.165, 1.54) is 6.07 Å². The van der Waals surface area contributed by atoms with Gasteiger partial charge in [-0.05, 0) is 42.5 Å². The number of rotatable bonds is 5. The van der Waals surface area contributed by atoms with E-state index in [2.05, 4.69) is 9.82 Å². The number of sulfonamides is 1. The lowest BCUT2D eigenvalue weighted by Gasteiger charge is -2.10. The van der Waals surface area contributed by atoms with E-state index in [1.807, 2.05) is 0 Å². The number of hydrogen-bond donors (Lipinski definition) is 2. The summed E-state index contributed by atoms with van der Waals surface area (Å²) in [5.41, 5.74) is 0.859. The summed E-state index contributed by atoms with van der Waals surface area (Å²) in [7, 11) is -3.92. The average molecular weight is 378 g/mol. The Morgan fingerprint density at radius 3 is 2.60 bits per heavy atom. The smallest absolute Gasteiger partial charge is 0.337 e. The van der Waals surface area contributed by atoms with Gasteiger partial charge in [0.05, 0.1) is 26.9 Å². The molecule has 0 aliphatic carbocycles. The molecule has 0 amide bonds. The highest BCUT2D eigenvalue weighted by atomic mass is 35.5. The minimum atomic E-state index is -3.92. The fraction of sp³-hybridized carbons (Fsp3) is 0. The van der Waals surface area contributed by atoms with Gasteiger partial charge in [0, 0.05) is 12.4 Å². The highest BCUT2D eigenvalue weighted by Crippen LogP contribution is 2.23. The maximum absolute atomic E-state index is 12.5. The van der Waals surface area contributed by atoms with Crippen molar-refractivity contribution in [3.8, 4) is 5.69 Å². The third kappa shape index (κ3) is 3.65. The molecule has 128 valence electrons. The summed E-state index contributed by atoms with van der Waals surface area (Å²) in [5, 5.41) is 12.9. The molecule has 0 spiro atoms. The van der Waals surface area contributed by atoms with Crippen molar-refractivity contribution in [3.63, 3.8) is 0 Å². The molecule has 0 bridgehead atoms. The van der Waals surface area contributed by atoms with Crippen molar-refractivity contribution in [2.45, 2.75) is 4.90 Å². The van der Waals surface area contributed by atoms with Crippen LogP contribution >= 0.6 is 11.6 Å². The number of carbonyl (C=O) groups is 1. The summed E-state index contributed by atoms with van der Waals surface area (Å²) >= 11 is 5.84. The molecule has 3 aromatic rings.